The van der Waals surface area contributed by atoms with E-state index >= 15 is 0 Å². The minimum atomic E-state index is 0.836. The van der Waals surface area contributed by atoms with E-state index in [1.165, 1.54) is 12.8 Å². The Morgan fingerprint density at radius 2 is 2.24 bits per heavy atom. The number of thioether (sulfide) groups is 1. The fourth-order valence-corrected chi connectivity index (χ4v) is 2.64. The summed E-state index contributed by atoms with van der Waals surface area (Å²) in [5.74, 6) is 0.847. The van der Waals surface area contributed by atoms with Gasteiger partial charge in [0, 0.05) is 18.0 Å². The summed E-state index contributed by atoms with van der Waals surface area (Å²) in [5, 5.41) is 9.33. The summed E-state index contributed by atoms with van der Waals surface area (Å²) in [6.45, 7) is 4.24. The fourth-order valence-electron chi connectivity index (χ4n) is 2.08. The summed E-state index contributed by atoms with van der Waals surface area (Å²) in [6, 6.07) is 8.51. The van der Waals surface area contributed by atoms with Crippen LogP contribution in [0.1, 0.15) is 25.3 Å². The lowest BCUT2D eigenvalue weighted by atomic mass is 10.1. The molecular formula is C14H18N2S. The smallest absolute Gasteiger partial charge is 0.103 e. The zero-order chi connectivity index (χ0) is 12.3. The highest BCUT2D eigenvalue weighted by molar-refractivity contribution is 7.98. The molecule has 0 spiro atoms. The van der Waals surface area contributed by atoms with E-state index in [2.05, 4.69) is 30.0 Å². The van der Waals surface area contributed by atoms with Gasteiger partial charge in [-0.3, -0.25) is 0 Å². The predicted molar refractivity (Wildman–Crippen MR) is 73.5 cm³/mol. The van der Waals surface area contributed by atoms with Crippen molar-refractivity contribution < 1.29 is 0 Å². The van der Waals surface area contributed by atoms with Crippen molar-refractivity contribution >= 4 is 17.4 Å². The van der Waals surface area contributed by atoms with Crippen LogP contribution in [0, 0.1) is 17.2 Å². The Balaban J connectivity index is 2.31. The van der Waals surface area contributed by atoms with Crippen molar-refractivity contribution in [2.75, 3.05) is 24.2 Å². The molecule has 0 heterocycles. The maximum Gasteiger partial charge on any atom is 0.103 e. The molecule has 0 atom stereocenters. The molecule has 17 heavy (non-hydrogen) atoms. The fraction of sp³-hybridized carbons (Fsp3) is 0.500. The quantitative estimate of drug-likeness (QED) is 0.744. The lowest BCUT2D eigenvalue weighted by Gasteiger charge is -2.24. The van der Waals surface area contributed by atoms with Gasteiger partial charge in [-0.25, -0.2) is 0 Å². The van der Waals surface area contributed by atoms with Gasteiger partial charge in [0.1, 0.15) is 6.07 Å². The minimum Gasteiger partial charge on any atom is -0.370 e. The van der Waals surface area contributed by atoms with Crippen LogP contribution in [0.3, 0.4) is 0 Å². The second-order valence-corrected chi connectivity index (χ2v) is 5.30. The second-order valence-electron chi connectivity index (χ2n) is 4.45. The van der Waals surface area contributed by atoms with E-state index in [9.17, 15) is 5.26 Å². The van der Waals surface area contributed by atoms with Gasteiger partial charge in [0.15, 0.2) is 0 Å². The molecule has 1 aliphatic rings. The lowest BCUT2D eigenvalue weighted by Crippen LogP contribution is -2.26. The molecule has 0 N–H and O–H groups in total. The first-order valence-corrected chi connectivity index (χ1v) is 7.34. The van der Waals surface area contributed by atoms with Crippen LogP contribution in [-0.4, -0.2) is 19.3 Å². The largest absolute Gasteiger partial charge is 0.370 e. The third kappa shape index (κ3) is 2.76. The average molecular weight is 246 g/mol. The normalized spacial score (nSPS) is 14.4. The van der Waals surface area contributed by atoms with E-state index < -0.39 is 0 Å². The van der Waals surface area contributed by atoms with E-state index in [0.29, 0.717) is 0 Å². The topological polar surface area (TPSA) is 27.0 Å². The number of hydrogen-bond donors (Lipinski definition) is 0. The number of rotatable bonds is 5. The van der Waals surface area contributed by atoms with Crippen LogP contribution >= 0.6 is 11.8 Å². The van der Waals surface area contributed by atoms with Crippen LogP contribution in [-0.2, 0) is 0 Å². The van der Waals surface area contributed by atoms with Crippen molar-refractivity contribution in [2.24, 2.45) is 5.92 Å². The van der Waals surface area contributed by atoms with Gasteiger partial charge in [-0.15, -0.1) is 11.8 Å². The van der Waals surface area contributed by atoms with E-state index in [1.54, 1.807) is 11.8 Å². The highest BCUT2D eigenvalue weighted by Gasteiger charge is 2.25. The molecule has 0 bridgehead atoms. The van der Waals surface area contributed by atoms with Gasteiger partial charge in [-0.2, -0.15) is 5.26 Å². The average Bonchev–Trinajstić information content (AvgIpc) is 3.18. The molecule has 3 heteroatoms. The van der Waals surface area contributed by atoms with Gasteiger partial charge in [0.2, 0.25) is 0 Å². The van der Waals surface area contributed by atoms with E-state index in [-0.39, 0.29) is 0 Å². The predicted octanol–water partition coefficient (Wildman–Crippen LogP) is 3.52. The first kappa shape index (κ1) is 12.3. The van der Waals surface area contributed by atoms with Gasteiger partial charge in [-0.05, 0) is 44.1 Å². The number of benzene rings is 1. The van der Waals surface area contributed by atoms with Gasteiger partial charge >= 0.3 is 0 Å². The lowest BCUT2D eigenvalue weighted by molar-refractivity contribution is 0.740. The molecule has 0 radical (unpaired) electrons. The van der Waals surface area contributed by atoms with Crippen molar-refractivity contribution in [1.82, 2.24) is 0 Å². The summed E-state index contributed by atoms with van der Waals surface area (Å²) in [6.07, 6.45) is 4.72. The van der Waals surface area contributed by atoms with Gasteiger partial charge < -0.3 is 4.90 Å². The number of nitrogens with zero attached hydrogens (tertiary/aromatic N) is 2. The summed E-state index contributed by atoms with van der Waals surface area (Å²) in [7, 11) is 0. The van der Waals surface area contributed by atoms with Crippen LogP contribution in [0.2, 0.25) is 0 Å². The van der Waals surface area contributed by atoms with Crippen LogP contribution in [0.25, 0.3) is 0 Å². The Labute approximate surface area is 108 Å². The Morgan fingerprint density at radius 1 is 1.47 bits per heavy atom. The molecule has 0 aliphatic heterocycles. The molecular weight excluding hydrogens is 228 g/mol. The summed E-state index contributed by atoms with van der Waals surface area (Å²) in [5.41, 5.74) is 1.94. The molecule has 1 fully saturated rings. The van der Waals surface area contributed by atoms with Gasteiger partial charge in [0.25, 0.3) is 0 Å². The molecule has 1 saturated carbocycles. The zero-order valence-corrected chi connectivity index (χ0v) is 11.3. The highest BCUT2D eigenvalue weighted by atomic mass is 32.2. The third-order valence-corrected chi connectivity index (χ3v) is 4.01. The molecule has 2 rings (SSSR count). The first-order chi connectivity index (χ1) is 8.30. The van der Waals surface area contributed by atoms with Gasteiger partial charge in [0.05, 0.1) is 11.3 Å². The standard InChI is InChI=1S/C14H18N2S/c1-3-16(10-11-7-8-11)13-5-4-6-14(17-2)12(13)9-15/h4-6,11H,3,7-8,10H2,1-2H3. The molecule has 0 aromatic heterocycles. The molecule has 0 unspecified atom stereocenters. The first-order valence-electron chi connectivity index (χ1n) is 6.12. The highest BCUT2D eigenvalue weighted by Crippen LogP contribution is 2.34. The van der Waals surface area contributed by atoms with Crippen molar-refractivity contribution in [3.63, 3.8) is 0 Å². The molecule has 0 amide bonds. The van der Waals surface area contributed by atoms with Crippen LogP contribution in [0.5, 0.6) is 0 Å². The molecule has 90 valence electrons. The Hall–Kier alpha value is -1.14. The molecule has 2 nitrogen and oxygen atoms in total. The maximum absolute atomic E-state index is 9.33. The summed E-state index contributed by atoms with van der Waals surface area (Å²) in [4.78, 5) is 3.43. The number of hydrogen-bond acceptors (Lipinski definition) is 3. The number of anilines is 1. The van der Waals surface area contributed by atoms with Crippen molar-refractivity contribution in [3.05, 3.63) is 23.8 Å². The Kier molecular flexibility index (Phi) is 3.96. The van der Waals surface area contributed by atoms with E-state index in [0.717, 1.165) is 35.2 Å². The van der Waals surface area contributed by atoms with Crippen molar-refractivity contribution in [2.45, 2.75) is 24.7 Å². The van der Waals surface area contributed by atoms with E-state index in [4.69, 9.17) is 0 Å². The minimum absolute atomic E-state index is 0.836. The monoisotopic (exact) mass is 246 g/mol. The molecule has 1 aliphatic carbocycles. The summed E-state index contributed by atoms with van der Waals surface area (Å²) < 4.78 is 0. The SMILES string of the molecule is CCN(CC1CC1)c1cccc(SC)c1C#N. The third-order valence-electron chi connectivity index (χ3n) is 3.23. The van der Waals surface area contributed by atoms with E-state index in [1.807, 2.05) is 12.3 Å². The second kappa shape index (κ2) is 5.46. The Morgan fingerprint density at radius 3 is 2.76 bits per heavy atom. The summed E-state index contributed by atoms with van der Waals surface area (Å²) >= 11 is 1.65. The van der Waals surface area contributed by atoms with Crippen molar-refractivity contribution in [3.8, 4) is 6.07 Å². The zero-order valence-electron chi connectivity index (χ0n) is 10.4. The number of nitriles is 1. The van der Waals surface area contributed by atoms with Crippen molar-refractivity contribution in [1.29, 1.82) is 5.26 Å². The molecule has 1 aromatic carbocycles. The molecule has 1 aromatic rings. The molecule has 0 saturated heterocycles. The van der Waals surface area contributed by atoms with Crippen LogP contribution in [0.15, 0.2) is 23.1 Å². The Bertz CT molecular complexity index is 432. The van der Waals surface area contributed by atoms with Gasteiger partial charge in [-0.1, -0.05) is 6.07 Å². The van der Waals surface area contributed by atoms with Crippen LogP contribution in [0.4, 0.5) is 5.69 Å². The maximum atomic E-state index is 9.33. The van der Waals surface area contributed by atoms with Crippen LogP contribution < -0.4 is 4.90 Å².